The molecule has 0 aliphatic heterocycles. The number of nitrogens with zero attached hydrogens (tertiary/aromatic N) is 2. The SMILES string of the molecule is C=CCn1c(O)c(-c2ccc3cc(C)ccc3n2)sc1=S. The fraction of sp³-hybridized carbons (Fsp3) is 0.125. The summed E-state index contributed by atoms with van der Waals surface area (Å²) < 4.78 is 2.27. The van der Waals surface area contributed by atoms with Gasteiger partial charge in [0.2, 0.25) is 5.88 Å². The zero-order chi connectivity index (χ0) is 15.0. The van der Waals surface area contributed by atoms with Gasteiger partial charge in [-0.05, 0) is 37.3 Å². The quantitative estimate of drug-likeness (QED) is 0.563. The van der Waals surface area contributed by atoms with Crippen LogP contribution in [-0.2, 0) is 6.54 Å². The molecule has 1 N–H and O–H groups in total. The summed E-state index contributed by atoms with van der Waals surface area (Å²) in [6.07, 6.45) is 1.71. The Kier molecular flexibility index (Phi) is 3.61. The molecule has 0 saturated heterocycles. The fourth-order valence-electron chi connectivity index (χ4n) is 2.23. The van der Waals surface area contributed by atoms with Gasteiger partial charge < -0.3 is 5.11 Å². The molecule has 0 unspecified atom stereocenters. The molecule has 0 radical (unpaired) electrons. The van der Waals surface area contributed by atoms with E-state index in [1.807, 2.05) is 24.3 Å². The topological polar surface area (TPSA) is 38.0 Å². The van der Waals surface area contributed by atoms with E-state index in [2.05, 4.69) is 24.6 Å². The zero-order valence-corrected chi connectivity index (χ0v) is 13.2. The third kappa shape index (κ3) is 2.50. The lowest BCUT2D eigenvalue weighted by Crippen LogP contribution is -1.93. The van der Waals surface area contributed by atoms with E-state index in [9.17, 15) is 5.11 Å². The average molecular weight is 314 g/mol. The summed E-state index contributed by atoms with van der Waals surface area (Å²) >= 11 is 6.65. The lowest BCUT2D eigenvalue weighted by Gasteiger charge is -2.04. The fourth-order valence-corrected chi connectivity index (χ4v) is 3.50. The van der Waals surface area contributed by atoms with Crippen LogP contribution < -0.4 is 0 Å². The molecule has 3 nitrogen and oxygen atoms in total. The zero-order valence-electron chi connectivity index (χ0n) is 11.5. The maximum atomic E-state index is 10.3. The molecule has 21 heavy (non-hydrogen) atoms. The summed E-state index contributed by atoms with van der Waals surface area (Å²) in [5.74, 6) is 0.156. The number of fused-ring (bicyclic) bond motifs is 1. The Balaban J connectivity index is 2.16. The number of hydrogen-bond acceptors (Lipinski definition) is 4. The molecule has 106 valence electrons. The first-order valence-corrected chi connectivity index (χ1v) is 7.74. The minimum Gasteiger partial charge on any atom is -0.493 e. The van der Waals surface area contributed by atoms with Gasteiger partial charge in [-0.3, -0.25) is 4.57 Å². The molecule has 0 amide bonds. The highest BCUT2D eigenvalue weighted by Gasteiger charge is 2.14. The number of thiazole rings is 1. The molecule has 3 aromatic rings. The van der Waals surface area contributed by atoms with Gasteiger partial charge in [0.25, 0.3) is 0 Å². The number of hydrogen-bond donors (Lipinski definition) is 1. The van der Waals surface area contributed by atoms with Gasteiger partial charge in [-0.1, -0.05) is 35.1 Å². The molecule has 0 aliphatic carbocycles. The van der Waals surface area contributed by atoms with Crippen molar-refractivity contribution in [3.8, 4) is 16.5 Å². The smallest absolute Gasteiger partial charge is 0.213 e. The van der Waals surface area contributed by atoms with Gasteiger partial charge in [0.05, 0.1) is 11.2 Å². The van der Waals surface area contributed by atoms with Crippen molar-refractivity contribution in [3.63, 3.8) is 0 Å². The molecule has 5 heteroatoms. The maximum Gasteiger partial charge on any atom is 0.213 e. The van der Waals surface area contributed by atoms with E-state index in [1.165, 1.54) is 16.9 Å². The molecule has 0 saturated carbocycles. The number of aromatic nitrogens is 2. The van der Waals surface area contributed by atoms with Gasteiger partial charge in [0, 0.05) is 11.9 Å². The minimum absolute atomic E-state index is 0.156. The molecular weight excluding hydrogens is 300 g/mol. The number of aryl methyl sites for hydroxylation is 1. The van der Waals surface area contributed by atoms with Crippen LogP contribution >= 0.6 is 23.6 Å². The van der Waals surface area contributed by atoms with Gasteiger partial charge in [0.15, 0.2) is 3.95 Å². The summed E-state index contributed by atoms with van der Waals surface area (Å²) in [4.78, 5) is 5.33. The maximum absolute atomic E-state index is 10.3. The highest BCUT2D eigenvalue weighted by atomic mass is 32.1. The van der Waals surface area contributed by atoms with E-state index in [0.717, 1.165) is 16.6 Å². The van der Waals surface area contributed by atoms with Crippen LogP contribution in [0.3, 0.4) is 0 Å². The average Bonchev–Trinajstić information content (AvgIpc) is 2.75. The van der Waals surface area contributed by atoms with Gasteiger partial charge in [-0.25, -0.2) is 4.98 Å². The van der Waals surface area contributed by atoms with Crippen LogP contribution in [0.4, 0.5) is 0 Å². The Morgan fingerprint density at radius 3 is 2.95 bits per heavy atom. The molecule has 2 heterocycles. The Morgan fingerprint density at radius 1 is 1.38 bits per heavy atom. The van der Waals surface area contributed by atoms with Crippen molar-refractivity contribution in [1.82, 2.24) is 9.55 Å². The first kappa shape index (κ1) is 14.0. The molecular formula is C16H14N2OS2. The van der Waals surface area contributed by atoms with Crippen LogP contribution in [0.25, 0.3) is 21.5 Å². The Bertz CT molecular complexity index is 893. The van der Waals surface area contributed by atoms with Crippen molar-refractivity contribution in [2.45, 2.75) is 13.5 Å². The van der Waals surface area contributed by atoms with E-state index in [4.69, 9.17) is 12.2 Å². The largest absolute Gasteiger partial charge is 0.493 e. The standard InChI is InChI=1S/C16H14N2OS2/c1-3-8-18-15(19)14(21-16(18)20)13-7-5-11-9-10(2)4-6-12(11)17-13/h3-7,9,19H,1,8H2,2H3. The normalized spacial score (nSPS) is 10.9. The lowest BCUT2D eigenvalue weighted by atomic mass is 10.1. The van der Waals surface area contributed by atoms with E-state index in [0.29, 0.717) is 15.4 Å². The number of allylic oxidation sites excluding steroid dienone is 1. The first-order valence-electron chi connectivity index (χ1n) is 6.51. The van der Waals surface area contributed by atoms with Crippen molar-refractivity contribution < 1.29 is 5.11 Å². The van der Waals surface area contributed by atoms with Crippen molar-refractivity contribution in [3.05, 3.63) is 52.5 Å². The molecule has 0 bridgehead atoms. The molecule has 0 fully saturated rings. The van der Waals surface area contributed by atoms with Crippen molar-refractivity contribution in [1.29, 1.82) is 0 Å². The van der Waals surface area contributed by atoms with Crippen LogP contribution in [-0.4, -0.2) is 14.7 Å². The van der Waals surface area contributed by atoms with Crippen LogP contribution in [0, 0.1) is 10.9 Å². The van der Waals surface area contributed by atoms with Crippen molar-refractivity contribution >= 4 is 34.5 Å². The summed E-state index contributed by atoms with van der Waals surface area (Å²) in [6.45, 7) is 6.23. The van der Waals surface area contributed by atoms with Gasteiger partial charge in [-0.15, -0.1) is 6.58 Å². The van der Waals surface area contributed by atoms with Crippen LogP contribution in [0.2, 0.25) is 0 Å². The predicted octanol–water partition coefficient (Wildman–Crippen LogP) is 4.69. The van der Waals surface area contributed by atoms with Gasteiger partial charge in [-0.2, -0.15) is 0 Å². The second-order valence-corrected chi connectivity index (χ2v) is 6.46. The van der Waals surface area contributed by atoms with Gasteiger partial charge in [0.1, 0.15) is 4.88 Å². The summed E-state index contributed by atoms with van der Waals surface area (Å²) in [7, 11) is 0. The summed E-state index contributed by atoms with van der Waals surface area (Å²) in [5.41, 5.74) is 2.85. The number of benzene rings is 1. The second-order valence-electron chi connectivity index (χ2n) is 4.81. The summed E-state index contributed by atoms with van der Waals surface area (Å²) in [6, 6.07) is 10.1. The summed E-state index contributed by atoms with van der Waals surface area (Å²) in [5, 5.41) is 11.4. The van der Waals surface area contributed by atoms with Crippen LogP contribution in [0.1, 0.15) is 5.56 Å². The number of aromatic hydroxyl groups is 1. The lowest BCUT2D eigenvalue weighted by molar-refractivity contribution is 0.426. The third-order valence-electron chi connectivity index (χ3n) is 3.26. The molecule has 0 aliphatic rings. The van der Waals surface area contributed by atoms with Crippen molar-refractivity contribution in [2.24, 2.45) is 0 Å². The van der Waals surface area contributed by atoms with Gasteiger partial charge >= 0.3 is 0 Å². The van der Waals surface area contributed by atoms with E-state index in [1.54, 1.807) is 10.6 Å². The Morgan fingerprint density at radius 2 is 2.19 bits per heavy atom. The van der Waals surface area contributed by atoms with E-state index in [-0.39, 0.29) is 5.88 Å². The third-order valence-corrected chi connectivity index (χ3v) is 4.72. The van der Waals surface area contributed by atoms with Crippen LogP contribution in [0.15, 0.2) is 43.0 Å². The van der Waals surface area contributed by atoms with Crippen LogP contribution in [0.5, 0.6) is 5.88 Å². The molecule has 0 atom stereocenters. The minimum atomic E-state index is 0.156. The van der Waals surface area contributed by atoms with Crippen molar-refractivity contribution in [2.75, 3.05) is 0 Å². The highest BCUT2D eigenvalue weighted by molar-refractivity contribution is 7.73. The first-order chi connectivity index (χ1) is 10.1. The molecule has 2 aromatic heterocycles. The highest BCUT2D eigenvalue weighted by Crippen LogP contribution is 2.35. The molecule has 0 spiro atoms. The van der Waals surface area contributed by atoms with E-state index < -0.39 is 0 Å². The number of rotatable bonds is 3. The molecule has 3 rings (SSSR count). The monoisotopic (exact) mass is 314 g/mol. The van der Waals surface area contributed by atoms with E-state index >= 15 is 0 Å². The molecule has 1 aromatic carbocycles. The predicted molar refractivity (Wildman–Crippen MR) is 90.5 cm³/mol. The number of pyridine rings is 1. The Labute approximate surface area is 131 Å². The second kappa shape index (κ2) is 5.42. The Hall–Kier alpha value is -1.98.